The van der Waals surface area contributed by atoms with Crippen molar-refractivity contribution in [3.8, 4) is 5.75 Å². The molecule has 0 aliphatic heterocycles. The predicted octanol–water partition coefficient (Wildman–Crippen LogP) is 5.14. The number of methoxy groups -OCH3 is 1. The number of carbonyl (C=O) groups excluding carboxylic acids is 2. The Morgan fingerprint density at radius 3 is 2.54 bits per heavy atom. The second kappa shape index (κ2) is 14.4. The lowest BCUT2D eigenvalue weighted by Crippen LogP contribution is -2.49. The highest BCUT2D eigenvalue weighted by Crippen LogP contribution is 2.17. The number of aromatic nitrogens is 1. The molecule has 35 heavy (non-hydrogen) atoms. The van der Waals surface area contributed by atoms with E-state index in [4.69, 9.17) is 4.74 Å². The van der Waals surface area contributed by atoms with Crippen LogP contribution in [0, 0.1) is 5.92 Å². The van der Waals surface area contributed by atoms with Gasteiger partial charge in [-0.25, -0.2) is 4.79 Å². The topological polar surface area (TPSA) is 66.8 Å². The van der Waals surface area contributed by atoms with Gasteiger partial charge in [0.2, 0.25) is 5.91 Å². The average Bonchev–Trinajstić information content (AvgIpc) is 3.27. The molecule has 2 rings (SSSR count). The number of carbonyl (C=O) groups is 2. The Morgan fingerprint density at radius 1 is 1.11 bits per heavy atom. The van der Waals surface area contributed by atoms with Crippen molar-refractivity contribution in [2.75, 3.05) is 26.7 Å². The predicted molar refractivity (Wildman–Crippen MR) is 142 cm³/mol. The molecule has 0 saturated heterocycles. The summed E-state index contributed by atoms with van der Waals surface area (Å²) in [5.74, 6) is 1.08. The Kier molecular flexibility index (Phi) is 11.7. The van der Waals surface area contributed by atoms with E-state index in [0.717, 1.165) is 36.3 Å². The fourth-order valence-electron chi connectivity index (χ4n) is 4.00. The van der Waals surface area contributed by atoms with Crippen molar-refractivity contribution >= 4 is 11.9 Å². The largest absolute Gasteiger partial charge is 0.497 e. The van der Waals surface area contributed by atoms with E-state index in [9.17, 15) is 9.59 Å². The summed E-state index contributed by atoms with van der Waals surface area (Å²) in [6.45, 7) is 12.8. The van der Waals surface area contributed by atoms with Crippen molar-refractivity contribution in [2.45, 2.75) is 73.0 Å². The lowest BCUT2D eigenvalue weighted by Gasteiger charge is -2.32. The van der Waals surface area contributed by atoms with Crippen LogP contribution >= 0.6 is 0 Å². The van der Waals surface area contributed by atoms with Crippen LogP contribution in [0.25, 0.3) is 0 Å². The standard InChI is InChI=1S/C28H44N4O3/c1-7-9-15-29-28(34)31(18-22(3)4)21-27(33)32(23(5)8-2)20-25-13-11-16-30(25)19-24-12-10-14-26(17-24)35-6/h10-14,16-17,22-23H,7-9,15,18-21H2,1-6H3,(H,29,34). The van der Waals surface area contributed by atoms with E-state index < -0.39 is 0 Å². The summed E-state index contributed by atoms with van der Waals surface area (Å²) < 4.78 is 7.53. The smallest absolute Gasteiger partial charge is 0.317 e. The van der Waals surface area contributed by atoms with Gasteiger partial charge < -0.3 is 24.4 Å². The molecule has 0 radical (unpaired) electrons. The van der Waals surface area contributed by atoms with Crippen molar-refractivity contribution in [3.05, 3.63) is 53.9 Å². The highest BCUT2D eigenvalue weighted by molar-refractivity contribution is 5.84. The molecule has 7 heteroatoms. The zero-order valence-corrected chi connectivity index (χ0v) is 22.4. The summed E-state index contributed by atoms with van der Waals surface area (Å²) in [6.07, 6.45) is 4.83. The second-order valence-electron chi connectivity index (χ2n) is 9.62. The number of urea groups is 1. The van der Waals surface area contributed by atoms with Gasteiger partial charge in [-0.1, -0.05) is 46.2 Å². The maximum absolute atomic E-state index is 13.5. The summed E-state index contributed by atoms with van der Waals surface area (Å²) in [6, 6.07) is 12.0. The molecule has 0 fully saturated rings. The lowest BCUT2D eigenvalue weighted by molar-refractivity contribution is -0.134. The van der Waals surface area contributed by atoms with Crippen LogP contribution in [-0.4, -0.2) is 59.1 Å². The number of nitrogens with zero attached hydrogens (tertiary/aromatic N) is 3. The number of nitrogens with one attached hydrogen (secondary N) is 1. The molecule has 7 nitrogen and oxygen atoms in total. The SMILES string of the molecule is CCCCNC(=O)N(CC(=O)N(Cc1cccn1Cc1cccc(OC)c1)C(C)CC)CC(C)C. The maximum atomic E-state index is 13.5. The molecule has 1 aromatic heterocycles. The summed E-state index contributed by atoms with van der Waals surface area (Å²) in [4.78, 5) is 29.9. The number of ether oxygens (including phenoxy) is 1. The zero-order chi connectivity index (χ0) is 25.8. The molecule has 0 saturated carbocycles. The van der Waals surface area contributed by atoms with Crippen LogP contribution in [0.2, 0.25) is 0 Å². The number of rotatable bonds is 14. The number of hydrogen-bond acceptors (Lipinski definition) is 3. The molecule has 1 unspecified atom stereocenters. The monoisotopic (exact) mass is 484 g/mol. The van der Waals surface area contributed by atoms with Gasteiger partial charge in [0.15, 0.2) is 0 Å². The first kappa shape index (κ1) is 28.3. The van der Waals surface area contributed by atoms with Crippen molar-refractivity contribution in [1.82, 2.24) is 19.7 Å². The first-order valence-electron chi connectivity index (χ1n) is 12.9. The molecule has 1 aromatic carbocycles. The average molecular weight is 485 g/mol. The van der Waals surface area contributed by atoms with E-state index in [2.05, 4.69) is 56.6 Å². The third kappa shape index (κ3) is 8.96. The van der Waals surface area contributed by atoms with Crippen LogP contribution in [-0.2, 0) is 17.9 Å². The van der Waals surface area contributed by atoms with E-state index in [1.165, 1.54) is 0 Å². The van der Waals surface area contributed by atoms with Crippen molar-refractivity contribution in [1.29, 1.82) is 0 Å². The number of amides is 3. The van der Waals surface area contributed by atoms with Crippen LogP contribution in [0.3, 0.4) is 0 Å². The number of benzene rings is 1. The third-order valence-electron chi connectivity index (χ3n) is 6.19. The van der Waals surface area contributed by atoms with Gasteiger partial charge >= 0.3 is 6.03 Å². The van der Waals surface area contributed by atoms with Crippen LogP contribution in [0.1, 0.15) is 65.1 Å². The van der Waals surface area contributed by atoms with E-state index in [1.807, 2.05) is 35.4 Å². The third-order valence-corrected chi connectivity index (χ3v) is 6.19. The van der Waals surface area contributed by atoms with Crippen molar-refractivity contribution in [2.24, 2.45) is 5.92 Å². The molecule has 0 bridgehead atoms. The summed E-state index contributed by atoms with van der Waals surface area (Å²) in [7, 11) is 1.67. The summed E-state index contributed by atoms with van der Waals surface area (Å²) in [5, 5.41) is 2.97. The highest BCUT2D eigenvalue weighted by Gasteiger charge is 2.25. The van der Waals surface area contributed by atoms with E-state index >= 15 is 0 Å². The molecule has 3 amide bonds. The molecule has 1 atom stereocenters. The Morgan fingerprint density at radius 2 is 1.89 bits per heavy atom. The van der Waals surface area contributed by atoms with Gasteiger partial charge in [-0.05, 0) is 55.5 Å². The summed E-state index contributed by atoms with van der Waals surface area (Å²) in [5.41, 5.74) is 2.19. The van der Waals surface area contributed by atoms with Crippen LogP contribution in [0.15, 0.2) is 42.6 Å². The summed E-state index contributed by atoms with van der Waals surface area (Å²) >= 11 is 0. The van der Waals surface area contributed by atoms with E-state index in [-0.39, 0.29) is 30.4 Å². The van der Waals surface area contributed by atoms with Gasteiger partial charge in [0, 0.05) is 37.6 Å². The maximum Gasteiger partial charge on any atom is 0.317 e. The molecule has 194 valence electrons. The minimum atomic E-state index is -0.161. The fourth-order valence-corrected chi connectivity index (χ4v) is 4.00. The van der Waals surface area contributed by atoms with Gasteiger partial charge in [-0.3, -0.25) is 4.79 Å². The van der Waals surface area contributed by atoms with E-state index in [1.54, 1.807) is 12.0 Å². The normalized spacial score (nSPS) is 11.9. The Labute approximate surface area is 211 Å². The molecular formula is C28H44N4O3. The van der Waals surface area contributed by atoms with E-state index in [0.29, 0.717) is 26.2 Å². The van der Waals surface area contributed by atoms with Crippen molar-refractivity contribution < 1.29 is 14.3 Å². The molecule has 0 aliphatic rings. The number of unbranched alkanes of at least 4 members (excludes halogenated alkanes) is 1. The zero-order valence-electron chi connectivity index (χ0n) is 22.4. The Hall–Kier alpha value is -2.96. The molecule has 1 heterocycles. The number of hydrogen-bond donors (Lipinski definition) is 1. The van der Waals surface area contributed by atoms with Gasteiger partial charge in [0.25, 0.3) is 0 Å². The van der Waals surface area contributed by atoms with Crippen LogP contribution in [0.5, 0.6) is 5.75 Å². The molecule has 1 N–H and O–H groups in total. The lowest BCUT2D eigenvalue weighted by atomic mass is 10.1. The minimum absolute atomic E-state index is 0.0280. The molecule has 2 aromatic rings. The molecule has 0 aliphatic carbocycles. The highest BCUT2D eigenvalue weighted by atomic mass is 16.5. The van der Waals surface area contributed by atoms with Gasteiger partial charge in [0.1, 0.15) is 12.3 Å². The Balaban J connectivity index is 2.17. The minimum Gasteiger partial charge on any atom is -0.497 e. The first-order chi connectivity index (χ1) is 16.8. The molecular weight excluding hydrogens is 440 g/mol. The first-order valence-corrected chi connectivity index (χ1v) is 12.9. The van der Waals surface area contributed by atoms with Gasteiger partial charge in [-0.15, -0.1) is 0 Å². The second-order valence-corrected chi connectivity index (χ2v) is 9.62. The quantitative estimate of drug-likeness (QED) is 0.378. The fraction of sp³-hybridized carbons (Fsp3) is 0.571. The van der Waals surface area contributed by atoms with Crippen LogP contribution in [0.4, 0.5) is 4.79 Å². The Bertz CT molecular complexity index is 924. The van der Waals surface area contributed by atoms with Crippen LogP contribution < -0.4 is 10.1 Å². The van der Waals surface area contributed by atoms with Gasteiger partial charge in [0.05, 0.1) is 13.7 Å². The molecule has 0 spiro atoms. The van der Waals surface area contributed by atoms with Crippen molar-refractivity contribution in [3.63, 3.8) is 0 Å². The van der Waals surface area contributed by atoms with Gasteiger partial charge in [-0.2, -0.15) is 0 Å².